The van der Waals surface area contributed by atoms with E-state index in [2.05, 4.69) is 31.5 Å². The van der Waals surface area contributed by atoms with Gasteiger partial charge in [-0.1, -0.05) is 11.6 Å². The number of amides is 2. The number of rotatable bonds is 4. The van der Waals surface area contributed by atoms with Crippen molar-refractivity contribution in [2.75, 3.05) is 11.9 Å². The molecule has 1 heterocycles. The number of pyridine rings is 1. The zero-order valence-electron chi connectivity index (χ0n) is 9.72. The third-order valence-electron chi connectivity index (χ3n) is 2.79. The van der Waals surface area contributed by atoms with Crippen molar-refractivity contribution in [3.05, 3.63) is 21.9 Å². The van der Waals surface area contributed by atoms with Gasteiger partial charge >= 0.3 is 6.03 Å². The van der Waals surface area contributed by atoms with Crippen LogP contribution in [0, 0.1) is 5.92 Å². The Morgan fingerprint density at radius 3 is 2.89 bits per heavy atom. The number of nitrogens with one attached hydrogen (secondary N) is 2. The predicted octanol–water partition coefficient (Wildman–Crippen LogP) is 3.66. The Balaban J connectivity index is 1.73. The largest absolute Gasteiger partial charge is 0.338 e. The molecule has 0 aliphatic heterocycles. The van der Waals surface area contributed by atoms with Crippen molar-refractivity contribution in [3.8, 4) is 0 Å². The van der Waals surface area contributed by atoms with Crippen molar-refractivity contribution in [3.63, 3.8) is 0 Å². The number of alkyl halides is 2. The SMILES string of the molecule is O=C(NCCC1CC1(F)F)Nc1cnc(Cl)c(Br)c1. The van der Waals surface area contributed by atoms with E-state index in [1.807, 2.05) is 0 Å². The van der Waals surface area contributed by atoms with Gasteiger partial charge < -0.3 is 10.6 Å². The summed E-state index contributed by atoms with van der Waals surface area (Å²) < 4.78 is 25.8. The number of anilines is 1. The molecule has 4 nitrogen and oxygen atoms in total. The summed E-state index contributed by atoms with van der Waals surface area (Å²) in [6.45, 7) is 0.217. The van der Waals surface area contributed by atoms with E-state index in [-0.39, 0.29) is 19.4 Å². The third-order valence-corrected chi connectivity index (χ3v) is 3.92. The summed E-state index contributed by atoms with van der Waals surface area (Å²) in [6, 6.07) is 1.14. The Hall–Kier alpha value is -0.950. The summed E-state index contributed by atoms with van der Waals surface area (Å²) >= 11 is 8.89. The van der Waals surface area contributed by atoms with E-state index in [9.17, 15) is 13.6 Å². The highest BCUT2D eigenvalue weighted by Gasteiger charge is 2.55. The lowest BCUT2D eigenvalue weighted by Crippen LogP contribution is -2.30. The van der Waals surface area contributed by atoms with Crippen molar-refractivity contribution in [2.45, 2.75) is 18.8 Å². The van der Waals surface area contributed by atoms with Gasteiger partial charge in [-0.25, -0.2) is 18.6 Å². The fourth-order valence-corrected chi connectivity index (χ4v) is 2.06. The average molecular weight is 355 g/mol. The second-order valence-electron chi connectivity index (χ2n) is 4.33. The van der Waals surface area contributed by atoms with Crippen LogP contribution in [-0.2, 0) is 0 Å². The van der Waals surface area contributed by atoms with Crippen molar-refractivity contribution in [2.24, 2.45) is 5.92 Å². The normalized spacial score (nSPS) is 19.9. The molecule has 2 N–H and O–H groups in total. The first-order valence-electron chi connectivity index (χ1n) is 5.62. The smallest absolute Gasteiger partial charge is 0.319 e. The summed E-state index contributed by atoms with van der Waals surface area (Å²) in [5, 5.41) is 5.34. The fourth-order valence-electron chi connectivity index (χ4n) is 1.61. The van der Waals surface area contributed by atoms with Gasteiger partial charge in [0.25, 0.3) is 5.92 Å². The lowest BCUT2D eigenvalue weighted by Gasteiger charge is -2.07. The van der Waals surface area contributed by atoms with Crippen LogP contribution in [0.3, 0.4) is 0 Å². The molecular formula is C11H11BrClF2N3O. The van der Waals surface area contributed by atoms with E-state index in [1.165, 1.54) is 6.20 Å². The van der Waals surface area contributed by atoms with Crippen LogP contribution in [0.1, 0.15) is 12.8 Å². The molecule has 19 heavy (non-hydrogen) atoms. The first-order chi connectivity index (χ1) is 8.88. The molecule has 0 radical (unpaired) electrons. The van der Waals surface area contributed by atoms with Crippen LogP contribution in [-0.4, -0.2) is 23.5 Å². The van der Waals surface area contributed by atoms with Crippen molar-refractivity contribution < 1.29 is 13.6 Å². The average Bonchev–Trinajstić information content (AvgIpc) is 2.92. The van der Waals surface area contributed by atoms with Gasteiger partial charge in [-0.15, -0.1) is 0 Å². The molecule has 0 spiro atoms. The highest BCUT2D eigenvalue weighted by Crippen LogP contribution is 2.50. The van der Waals surface area contributed by atoms with Gasteiger partial charge in [0.2, 0.25) is 0 Å². The molecule has 0 aromatic carbocycles. The zero-order valence-corrected chi connectivity index (χ0v) is 12.1. The summed E-state index contributed by atoms with van der Waals surface area (Å²) in [5.41, 5.74) is 0.463. The van der Waals surface area contributed by atoms with Crippen LogP contribution >= 0.6 is 27.5 Å². The maximum absolute atomic E-state index is 12.6. The Morgan fingerprint density at radius 1 is 1.63 bits per heavy atom. The van der Waals surface area contributed by atoms with Gasteiger partial charge in [0, 0.05) is 18.9 Å². The van der Waals surface area contributed by atoms with Gasteiger partial charge in [0.15, 0.2) is 0 Å². The number of urea groups is 1. The number of halogens is 4. The minimum absolute atomic E-state index is 0.0790. The zero-order chi connectivity index (χ0) is 14.0. The highest BCUT2D eigenvalue weighted by molar-refractivity contribution is 9.10. The first kappa shape index (κ1) is 14.5. The minimum atomic E-state index is -2.54. The second-order valence-corrected chi connectivity index (χ2v) is 5.54. The molecule has 0 saturated heterocycles. The Bertz CT molecular complexity index is 501. The van der Waals surface area contributed by atoms with E-state index in [4.69, 9.17) is 11.6 Å². The van der Waals surface area contributed by atoms with Crippen LogP contribution in [0.4, 0.5) is 19.3 Å². The molecule has 1 aromatic heterocycles. The number of hydrogen-bond acceptors (Lipinski definition) is 2. The van der Waals surface area contributed by atoms with Crippen LogP contribution in [0.15, 0.2) is 16.7 Å². The molecule has 104 valence electrons. The van der Waals surface area contributed by atoms with E-state index in [0.717, 1.165) is 0 Å². The molecule has 1 atom stereocenters. The van der Waals surface area contributed by atoms with Crippen molar-refractivity contribution in [1.29, 1.82) is 0 Å². The van der Waals surface area contributed by atoms with E-state index >= 15 is 0 Å². The number of aromatic nitrogens is 1. The van der Waals surface area contributed by atoms with E-state index in [1.54, 1.807) is 6.07 Å². The number of hydrogen-bond donors (Lipinski definition) is 2. The lowest BCUT2D eigenvalue weighted by atomic mass is 10.3. The van der Waals surface area contributed by atoms with Crippen molar-refractivity contribution >= 4 is 39.2 Å². The van der Waals surface area contributed by atoms with Gasteiger partial charge in [-0.05, 0) is 28.4 Å². The van der Waals surface area contributed by atoms with E-state index in [0.29, 0.717) is 15.3 Å². The topological polar surface area (TPSA) is 54.0 Å². The van der Waals surface area contributed by atoms with Crippen LogP contribution in [0.25, 0.3) is 0 Å². The Kier molecular flexibility index (Phi) is 4.25. The summed E-state index contributed by atoms with van der Waals surface area (Å²) in [6.07, 6.45) is 1.61. The minimum Gasteiger partial charge on any atom is -0.338 e. The molecule has 1 aromatic rings. The highest BCUT2D eigenvalue weighted by atomic mass is 79.9. The fraction of sp³-hybridized carbons (Fsp3) is 0.455. The summed E-state index contributed by atoms with van der Waals surface area (Å²) in [5.74, 6) is -3.14. The molecule has 2 amide bonds. The molecule has 8 heteroatoms. The maximum Gasteiger partial charge on any atom is 0.319 e. The maximum atomic E-state index is 12.6. The molecule has 1 saturated carbocycles. The van der Waals surface area contributed by atoms with Crippen LogP contribution in [0.2, 0.25) is 5.15 Å². The Morgan fingerprint density at radius 2 is 2.32 bits per heavy atom. The summed E-state index contributed by atoms with van der Waals surface area (Å²) in [7, 11) is 0. The molecule has 1 fully saturated rings. The van der Waals surface area contributed by atoms with Crippen molar-refractivity contribution in [1.82, 2.24) is 10.3 Å². The number of carbonyl (C=O) groups excluding carboxylic acids is 1. The second kappa shape index (κ2) is 5.58. The lowest BCUT2D eigenvalue weighted by molar-refractivity contribution is 0.0971. The van der Waals surface area contributed by atoms with Gasteiger partial charge in [-0.3, -0.25) is 0 Å². The molecule has 0 bridgehead atoms. The van der Waals surface area contributed by atoms with Gasteiger partial charge in [-0.2, -0.15) is 0 Å². The van der Waals surface area contributed by atoms with Gasteiger partial charge in [0.1, 0.15) is 5.15 Å². The Labute approximate surface area is 122 Å². The first-order valence-corrected chi connectivity index (χ1v) is 6.79. The summed E-state index contributed by atoms with van der Waals surface area (Å²) in [4.78, 5) is 15.3. The standard InChI is InChI=1S/C11H11BrClF2N3O/c12-8-3-7(5-17-9(8)13)18-10(19)16-2-1-6-4-11(6,14)15/h3,5-6H,1-2,4H2,(H2,16,18,19). The molecule has 1 aliphatic carbocycles. The molecule has 1 aliphatic rings. The van der Waals surface area contributed by atoms with Crippen LogP contribution < -0.4 is 10.6 Å². The monoisotopic (exact) mass is 353 g/mol. The van der Waals surface area contributed by atoms with Gasteiger partial charge in [0.05, 0.1) is 16.4 Å². The molecular weight excluding hydrogens is 343 g/mol. The number of carbonyl (C=O) groups is 1. The molecule has 2 rings (SSSR count). The van der Waals surface area contributed by atoms with E-state index < -0.39 is 17.9 Å². The molecule has 1 unspecified atom stereocenters. The quantitative estimate of drug-likeness (QED) is 0.811. The predicted molar refractivity (Wildman–Crippen MR) is 71.6 cm³/mol. The number of nitrogens with zero attached hydrogens (tertiary/aromatic N) is 1. The van der Waals surface area contributed by atoms with Crippen LogP contribution in [0.5, 0.6) is 0 Å². The third kappa shape index (κ3) is 4.01.